The van der Waals surface area contributed by atoms with Gasteiger partial charge in [-0.1, -0.05) is 121 Å². The highest BCUT2D eigenvalue weighted by Gasteiger charge is 2.10. The lowest BCUT2D eigenvalue weighted by Crippen LogP contribution is -2.29. The maximum Gasteiger partial charge on any atom is 0.162 e. The third-order valence-corrected chi connectivity index (χ3v) is 7.39. The molecule has 0 fully saturated rings. The van der Waals surface area contributed by atoms with Gasteiger partial charge in [0.2, 0.25) is 0 Å². The van der Waals surface area contributed by atoms with Crippen LogP contribution in [0.1, 0.15) is 162 Å². The zero-order chi connectivity index (χ0) is 27.8. The van der Waals surface area contributed by atoms with E-state index in [1.807, 2.05) is 18.2 Å². The second-order valence-corrected chi connectivity index (χ2v) is 11.2. The fourth-order valence-electron chi connectivity index (χ4n) is 4.96. The molecule has 6 nitrogen and oxygen atoms in total. The van der Waals surface area contributed by atoms with Crippen LogP contribution in [-0.4, -0.2) is 23.9 Å². The van der Waals surface area contributed by atoms with Crippen LogP contribution in [0.2, 0.25) is 0 Å². The SMILES string of the molecule is NC(N)CCCCCCCCCCCC(=O)c1cccc(C(=O)CCCCCCCCCCCC(N)N)c1. The van der Waals surface area contributed by atoms with Crippen LogP contribution >= 0.6 is 0 Å². The number of hydrogen-bond acceptors (Lipinski definition) is 6. The summed E-state index contributed by atoms with van der Waals surface area (Å²) in [7, 11) is 0. The second kappa shape index (κ2) is 23.3. The maximum absolute atomic E-state index is 12.6. The van der Waals surface area contributed by atoms with E-state index in [1.165, 1.54) is 77.0 Å². The molecule has 218 valence electrons. The Labute approximate surface area is 233 Å². The van der Waals surface area contributed by atoms with Gasteiger partial charge in [0.15, 0.2) is 11.6 Å². The Kier molecular flexibility index (Phi) is 21.1. The van der Waals surface area contributed by atoms with Gasteiger partial charge in [-0.05, 0) is 31.7 Å². The van der Waals surface area contributed by atoms with Gasteiger partial charge in [0.05, 0.1) is 12.3 Å². The normalized spacial score (nSPS) is 11.5. The van der Waals surface area contributed by atoms with Crippen LogP contribution in [0, 0.1) is 0 Å². The fraction of sp³-hybridized carbons (Fsp3) is 0.750. The van der Waals surface area contributed by atoms with E-state index in [0.717, 1.165) is 51.4 Å². The number of Topliss-reactive ketones (excluding diaryl/α,β-unsaturated/α-hetero) is 2. The van der Waals surface area contributed by atoms with Crippen LogP contribution in [0.4, 0.5) is 0 Å². The minimum Gasteiger partial charge on any atom is -0.316 e. The van der Waals surface area contributed by atoms with Crippen molar-refractivity contribution in [1.82, 2.24) is 0 Å². The van der Waals surface area contributed by atoms with Gasteiger partial charge in [0.25, 0.3) is 0 Å². The predicted octanol–water partition coefficient (Wildman–Crippen LogP) is 7.12. The molecule has 6 heteroatoms. The Balaban J connectivity index is 2.08. The number of carbonyl (C=O) groups is 2. The van der Waals surface area contributed by atoms with Crippen molar-refractivity contribution in [3.05, 3.63) is 35.4 Å². The zero-order valence-electron chi connectivity index (χ0n) is 24.1. The molecule has 0 saturated carbocycles. The summed E-state index contributed by atoms with van der Waals surface area (Å²) in [4.78, 5) is 25.3. The van der Waals surface area contributed by atoms with Crippen LogP contribution < -0.4 is 22.9 Å². The molecule has 0 aromatic heterocycles. The highest BCUT2D eigenvalue weighted by Crippen LogP contribution is 2.16. The summed E-state index contributed by atoms with van der Waals surface area (Å²) in [5.74, 6) is 0.312. The first kappa shape index (κ1) is 34.4. The van der Waals surface area contributed by atoms with Crippen LogP contribution in [0.3, 0.4) is 0 Å². The molecule has 0 aliphatic rings. The Hall–Kier alpha value is -1.60. The van der Waals surface area contributed by atoms with E-state index in [0.29, 0.717) is 24.0 Å². The number of benzene rings is 1. The summed E-state index contributed by atoms with van der Waals surface area (Å²) in [6.07, 6.45) is 23.8. The second-order valence-electron chi connectivity index (χ2n) is 11.2. The van der Waals surface area contributed by atoms with Gasteiger partial charge >= 0.3 is 0 Å². The summed E-state index contributed by atoms with van der Waals surface area (Å²) < 4.78 is 0. The first-order valence-corrected chi connectivity index (χ1v) is 15.6. The first-order valence-electron chi connectivity index (χ1n) is 15.6. The average Bonchev–Trinajstić information content (AvgIpc) is 2.89. The summed E-state index contributed by atoms with van der Waals surface area (Å²) >= 11 is 0. The number of rotatable bonds is 26. The molecular weight excluding hydrogens is 472 g/mol. The summed E-state index contributed by atoms with van der Waals surface area (Å²) in [6.45, 7) is 0. The number of carbonyl (C=O) groups excluding carboxylic acids is 2. The molecular formula is C32H58N4O2. The van der Waals surface area contributed by atoms with Crippen molar-refractivity contribution in [2.24, 2.45) is 22.9 Å². The standard InChI is InChI=1S/C32H58N4O2/c33-31(34)24-17-13-9-5-1-3-7-11-15-22-29(37)27-20-19-21-28(26-27)30(38)23-16-12-8-4-2-6-10-14-18-25-32(35)36/h19-21,26,31-32H,1-18,22-25,33-36H2. The number of nitrogens with two attached hydrogens (primary N) is 4. The smallest absolute Gasteiger partial charge is 0.162 e. The maximum atomic E-state index is 12.6. The molecule has 1 aromatic rings. The lowest BCUT2D eigenvalue weighted by atomic mass is 9.98. The molecule has 38 heavy (non-hydrogen) atoms. The van der Waals surface area contributed by atoms with Gasteiger partial charge in [-0.15, -0.1) is 0 Å². The van der Waals surface area contributed by atoms with E-state index in [9.17, 15) is 9.59 Å². The fourth-order valence-corrected chi connectivity index (χ4v) is 4.96. The van der Waals surface area contributed by atoms with E-state index in [4.69, 9.17) is 22.9 Å². The Morgan fingerprint density at radius 2 is 0.763 bits per heavy atom. The van der Waals surface area contributed by atoms with Crippen molar-refractivity contribution >= 4 is 11.6 Å². The van der Waals surface area contributed by atoms with Crippen molar-refractivity contribution in [2.45, 2.75) is 154 Å². The van der Waals surface area contributed by atoms with Crippen molar-refractivity contribution in [3.8, 4) is 0 Å². The van der Waals surface area contributed by atoms with Gasteiger partial charge in [-0.3, -0.25) is 9.59 Å². The molecule has 0 spiro atoms. The van der Waals surface area contributed by atoms with Crippen molar-refractivity contribution < 1.29 is 9.59 Å². The minimum absolute atomic E-state index is 0.156. The Morgan fingerprint density at radius 1 is 0.474 bits per heavy atom. The third kappa shape index (κ3) is 19.5. The van der Waals surface area contributed by atoms with Crippen LogP contribution in [-0.2, 0) is 0 Å². The quantitative estimate of drug-likeness (QED) is 0.0571. The van der Waals surface area contributed by atoms with E-state index in [2.05, 4.69) is 0 Å². The Morgan fingerprint density at radius 3 is 1.08 bits per heavy atom. The van der Waals surface area contributed by atoms with Crippen LogP contribution in [0.25, 0.3) is 0 Å². The monoisotopic (exact) mass is 530 g/mol. The average molecular weight is 531 g/mol. The highest BCUT2D eigenvalue weighted by atomic mass is 16.1. The van der Waals surface area contributed by atoms with E-state index < -0.39 is 0 Å². The molecule has 0 radical (unpaired) electrons. The molecule has 0 atom stereocenters. The van der Waals surface area contributed by atoms with Crippen molar-refractivity contribution in [2.75, 3.05) is 0 Å². The predicted molar refractivity (Wildman–Crippen MR) is 161 cm³/mol. The molecule has 0 heterocycles. The largest absolute Gasteiger partial charge is 0.316 e. The molecule has 0 aliphatic heterocycles. The molecule has 8 N–H and O–H groups in total. The van der Waals surface area contributed by atoms with Crippen LogP contribution in [0.5, 0.6) is 0 Å². The summed E-state index contributed by atoms with van der Waals surface area (Å²) in [6, 6.07) is 7.35. The van der Waals surface area contributed by atoms with Gasteiger partial charge in [0, 0.05) is 24.0 Å². The molecule has 1 aromatic carbocycles. The lowest BCUT2D eigenvalue weighted by Gasteiger charge is -2.06. The lowest BCUT2D eigenvalue weighted by molar-refractivity contribution is 0.0978. The van der Waals surface area contributed by atoms with Crippen molar-refractivity contribution in [3.63, 3.8) is 0 Å². The Bertz CT molecular complexity index is 679. The number of unbranched alkanes of at least 4 members (excludes halogenated alkanes) is 16. The molecule has 0 unspecified atom stereocenters. The van der Waals surface area contributed by atoms with Gasteiger partial charge in [-0.2, -0.15) is 0 Å². The molecule has 0 saturated heterocycles. The van der Waals surface area contributed by atoms with Gasteiger partial charge < -0.3 is 22.9 Å². The van der Waals surface area contributed by atoms with Crippen molar-refractivity contribution in [1.29, 1.82) is 0 Å². The summed E-state index contributed by atoms with van der Waals surface area (Å²) in [5.41, 5.74) is 23.6. The van der Waals surface area contributed by atoms with Gasteiger partial charge in [0.1, 0.15) is 0 Å². The van der Waals surface area contributed by atoms with E-state index >= 15 is 0 Å². The minimum atomic E-state index is -0.167. The third-order valence-electron chi connectivity index (χ3n) is 7.39. The molecule has 0 bridgehead atoms. The van der Waals surface area contributed by atoms with E-state index in [-0.39, 0.29) is 23.9 Å². The summed E-state index contributed by atoms with van der Waals surface area (Å²) in [5, 5.41) is 0. The first-order chi connectivity index (χ1) is 18.4. The molecule has 0 aliphatic carbocycles. The zero-order valence-corrected chi connectivity index (χ0v) is 24.1. The number of hydrogen-bond donors (Lipinski definition) is 4. The van der Waals surface area contributed by atoms with Crippen LogP contribution in [0.15, 0.2) is 24.3 Å². The van der Waals surface area contributed by atoms with E-state index in [1.54, 1.807) is 6.07 Å². The highest BCUT2D eigenvalue weighted by molar-refractivity contribution is 6.01. The topological polar surface area (TPSA) is 138 Å². The molecule has 0 amide bonds. The van der Waals surface area contributed by atoms with Gasteiger partial charge in [-0.25, -0.2) is 0 Å². The molecule has 1 rings (SSSR count). The number of ketones is 2.